The highest BCUT2D eigenvalue weighted by Crippen LogP contribution is 2.33. The zero-order valence-corrected chi connectivity index (χ0v) is 21.0. The van der Waals surface area contributed by atoms with E-state index in [-0.39, 0.29) is 17.2 Å². The van der Waals surface area contributed by atoms with Gasteiger partial charge in [0.25, 0.3) is 5.56 Å². The minimum atomic E-state index is -0.173. The largest absolute Gasteiger partial charge is 0.493 e. The molecule has 2 aromatic carbocycles. The summed E-state index contributed by atoms with van der Waals surface area (Å²) in [6.45, 7) is 2.33. The van der Waals surface area contributed by atoms with Crippen molar-refractivity contribution < 1.29 is 14.3 Å². The zero-order valence-electron chi connectivity index (χ0n) is 19.4. The highest BCUT2D eigenvalue weighted by atomic mass is 32.2. The van der Waals surface area contributed by atoms with Crippen molar-refractivity contribution in [2.24, 2.45) is 7.05 Å². The van der Waals surface area contributed by atoms with Crippen molar-refractivity contribution in [3.05, 3.63) is 69.3 Å². The Kier molecular flexibility index (Phi) is 7.23. The first-order chi connectivity index (χ1) is 16.4. The predicted octanol–water partition coefficient (Wildman–Crippen LogP) is 4.40. The van der Waals surface area contributed by atoms with Crippen molar-refractivity contribution in [1.29, 1.82) is 0 Å². The lowest BCUT2D eigenvalue weighted by molar-refractivity contribution is -0.118. The van der Waals surface area contributed by atoms with Crippen LogP contribution in [0.3, 0.4) is 0 Å². The SMILES string of the molecule is COc1cccc(CNC(=O)CSc2nc3c(-c4ccc(C)cc4)csc3c(=O)n2C)c1OC. The highest BCUT2D eigenvalue weighted by molar-refractivity contribution is 7.99. The van der Waals surface area contributed by atoms with Gasteiger partial charge in [0, 0.05) is 30.1 Å². The van der Waals surface area contributed by atoms with Gasteiger partial charge in [-0.3, -0.25) is 14.2 Å². The summed E-state index contributed by atoms with van der Waals surface area (Å²) in [4.78, 5) is 30.2. The number of hydrogen-bond donors (Lipinski definition) is 1. The second-order valence-corrected chi connectivity index (χ2v) is 9.49. The summed E-state index contributed by atoms with van der Waals surface area (Å²) in [5.74, 6) is 1.15. The van der Waals surface area contributed by atoms with Crippen molar-refractivity contribution >= 4 is 39.2 Å². The lowest BCUT2D eigenvalue weighted by Crippen LogP contribution is -2.26. The first kappa shape index (κ1) is 23.8. The van der Waals surface area contributed by atoms with Crippen LogP contribution in [-0.2, 0) is 18.4 Å². The van der Waals surface area contributed by atoms with Gasteiger partial charge in [0.2, 0.25) is 5.91 Å². The zero-order chi connectivity index (χ0) is 24.2. The third-order valence-electron chi connectivity index (χ3n) is 5.41. The number of ether oxygens (including phenoxy) is 2. The monoisotopic (exact) mass is 495 g/mol. The van der Waals surface area contributed by atoms with E-state index in [2.05, 4.69) is 5.32 Å². The topological polar surface area (TPSA) is 82.5 Å². The lowest BCUT2D eigenvalue weighted by atomic mass is 10.1. The second-order valence-electron chi connectivity index (χ2n) is 7.67. The van der Waals surface area contributed by atoms with Gasteiger partial charge in [0.1, 0.15) is 4.70 Å². The normalized spacial score (nSPS) is 10.9. The summed E-state index contributed by atoms with van der Waals surface area (Å²) in [5.41, 5.74) is 4.47. The number of benzene rings is 2. The predicted molar refractivity (Wildman–Crippen MR) is 137 cm³/mol. The van der Waals surface area contributed by atoms with Crippen LogP contribution in [0.15, 0.2) is 57.8 Å². The van der Waals surface area contributed by atoms with Crippen LogP contribution in [0, 0.1) is 6.92 Å². The number of nitrogens with zero attached hydrogens (tertiary/aromatic N) is 2. The van der Waals surface area contributed by atoms with E-state index >= 15 is 0 Å². The van der Waals surface area contributed by atoms with Crippen LogP contribution in [0.2, 0.25) is 0 Å². The molecule has 0 saturated heterocycles. The molecule has 34 heavy (non-hydrogen) atoms. The molecule has 0 atom stereocenters. The molecular weight excluding hydrogens is 470 g/mol. The Labute approximate surface area is 205 Å². The molecule has 0 bridgehead atoms. The fourth-order valence-electron chi connectivity index (χ4n) is 3.56. The number of methoxy groups -OCH3 is 2. The highest BCUT2D eigenvalue weighted by Gasteiger charge is 2.17. The summed E-state index contributed by atoms with van der Waals surface area (Å²) in [6, 6.07) is 13.7. The number of rotatable bonds is 8. The van der Waals surface area contributed by atoms with Crippen LogP contribution in [0.5, 0.6) is 11.5 Å². The molecule has 0 fully saturated rings. The maximum absolute atomic E-state index is 12.9. The Balaban J connectivity index is 1.51. The number of carbonyl (C=O) groups excluding carboxylic acids is 1. The summed E-state index contributed by atoms with van der Waals surface area (Å²) in [5, 5.41) is 5.36. The number of thiophene rings is 1. The van der Waals surface area contributed by atoms with E-state index in [1.54, 1.807) is 27.3 Å². The molecule has 1 amide bonds. The molecule has 0 radical (unpaired) electrons. The van der Waals surface area contributed by atoms with E-state index in [0.717, 1.165) is 16.7 Å². The van der Waals surface area contributed by atoms with E-state index in [4.69, 9.17) is 14.5 Å². The second kappa shape index (κ2) is 10.3. The van der Waals surface area contributed by atoms with Crippen molar-refractivity contribution in [3.8, 4) is 22.6 Å². The number of aromatic nitrogens is 2. The molecule has 0 unspecified atom stereocenters. The molecule has 0 aliphatic rings. The fraction of sp³-hybridized carbons (Fsp3) is 0.240. The Morgan fingerprint density at radius 3 is 2.62 bits per heavy atom. The number of fused-ring (bicyclic) bond motifs is 1. The van der Waals surface area contributed by atoms with Crippen LogP contribution in [0.1, 0.15) is 11.1 Å². The fourth-order valence-corrected chi connectivity index (χ4v) is 5.34. The van der Waals surface area contributed by atoms with Gasteiger partial charge >= 0.3 is 0 Å². The van der Waals surface area contributed by atoms with Crippen molar-refractivity contribution in [1.82, 2.24) is 14.9 Å². The molecule has 0 saturated carbocycles. The average molecular weight is 496 g/mol. The van der Waals surface area contributed by atoms with Gasteiger partial charge in [0.15, 0.2) is 16.7 Å². The molecule has 4 rings (SSSR count). The van der Waals surface area contributed by atoms with Crippen molar-refractivity contribution in [2.75, 3.05) is 20.0 Å². The first-order valence-electron chi connectivity index (χ1n) is 10.6. The summed E-state index contributed by atoms with van der Waals surface area (Å²) in [7, 11) is 4.82. The van der Waals surface area contributed by atoms with E-state index in [9.17, 15) is 9.59 Å². The minimum Gasteiger partial charge on any atom is -0.493 e. The number of amides is 1. The van der Waals surface area contributed by atoms with Gasteiger partial charge in [-0.25, -0.2) is 4.98 Å². The average Bonchev–Trinajstić information content (AvgIpc) is 3.28. The molecule has 0 aliphatic carbocycles. The Morgan fingerprint density at radius 2 is 1.91 bits per heavy atom. The van der Waals surface area contributed by atoms with Crippen LogP contribution < -0.4 is 20.3 Å². The molecular formula is C25H25N3O4S2. The number of hydrogen-bond acceptors (Lipinski definition) is 7. The number of aryl methyl sites for hydroxylation is 1. The van der Waals surface area contributed by atoms with Crippen molar-refractivity contribution in [2.45, 2.75) is 18.6 Å². The third kappa shape index (κ3) is 4.80. The molecule has 2 aromatic heterocycles. The first-order valence-corrected chi connectivity index (χ1v) is 12.4. The number of para-hydroxylation sites is 1. The third-order valence-corrected chi connectivity index (χ3v) is 7.40. The minimum absolute atomic E-state index is 0.114. The van der Waals surface area contributed by atoms with Crippen LogP contribution in [-0.4, -0.2) is 35.4 Å². The van der Waals surface area contributed by atoms with E-state index in [1.807, 2.05) is 48.7 Å². The Morgan fingerprint density at radius 1 is 1.15 bits per heavy atom. The van der Waals surface area contributed by atoms with Gasteiger partial charge in [-0.05, 0) is 18.6 Å². The standard InChI is InChI=1S/C25H25N3O4S2/c1-15-8-10-16(11-9-15)18-13-33-23-21(18)27-25(28(2)24(23)30)34-14-20(29)26-12-17-6-5-7-19(31-3)22(17)32-4/h5-11,13H,12,14H2,1-4H3,(H,26,29). The molecule has 7 nitrogen and oxygen atoms in total. The van der Waals surface area contributed by atoms with Gasteiger partial charge in [0.05, 0.1) is 25.5 Å². The van der Waals surface area contributed by atoms with Gasteiger partial charge < -0.3 is 14.8 Å². The van der Waals surface area contributed by atoms with Crippen LogP contribution in [0.25, 0.3) is 21.3 Å². The summed E-state index contributed by atoms with van der Waals surface area (Å²) < 4.78 is 12.8. The molecule has 0 aliphatic heterocycles. The molecule has 9 heteroatoms. The number of thioether (sulfide) groups is 1. The van der Waals surface area contributed by atoms with Gasteiger partial charge in [-0.1, -0.05) is 53.7 Å². The summed E-state index contributed by atoms with van der Waals surface area (Å²) in [6.07, 6.45) is 0. The summed E-state index contributed by atoms with van der Waals surface area (Å²) >= 11 is 2.63. The van der Waals surface area contributed by atoms with Crippen LogP contribution in [0.4, 0.5) is 0 Å². The smallest absolute Gasteiger partial charge is 0.271 e. The Bertz CT molecular complexity index is 1390. The molecule has 0 spiro atoms. The van der Waals surface area contributed by atoms with E-state index < -0.39 is 0 Å². The lowest BCUT2D eigenvalue weighted by Gasteiger charge is -2.13. The van der Waals surface area contributed by atoms with Crippen molar-refractivity contribution in [3.63, 3.8) is 0 Å². The Hall–Kier alpha value is -3.30. The maximum atomic E-state index is 12.9. The number of nitrogens with one attached hydrogen (secondary N) is 1. The number of carbonyl (C=O) groups is 1. The molecule has 2 heterocycles. The molecule has 1 N–H and O–H groups in total. The maximum Gasteiger partial charge on any atom is 0.271 e. The van der Waals surface area contributed by atoms with E-state index in [0.29, 0.717) is 33.4 Å². The quantitative estimate of drug-likeness (QED) is 0.288. The van der Waals surface area contributed by atoms with E-state index in [1.165, 1.54) is 33.2 Å². The van der Waals surface area contributed by atoms with Crippen LogP contribution >= 0.6 is 23.1 Å². The molecule has 176 valence electrons. The van der Waals surface area contributed by atoms with Gasteiger partial charge in [-0.2, -0.15) is 0 Å². The molecule has 4 aromatic rings. The van der Waals surface area contributed by atoms with Gasteiger partial charge in [-0.15, -0.1) is 11.3 Å².